The number of hydrogen-bond acceptors (Lipinski definition) is 5. The third kappa shape index (κ3) is 5.52. The van der Waals surface area contributed by atoms with Crippen LogP contribution in [-0.4, -0.2) is 74.7 Å². The van der Waals surface area contributed by atoms with Crippen LogP contribution in [0.4, 0.5) is 0 Å². The number of likely N-dealkylation sites (tertiary alicyclic amines) is 2. The van der Waals surface area contributed by atoms with Gasteiger partial charge in [-0.05, 0) is 48.4 Å². The summed E-state index contributed by atoms with van der Waals surface area (Å²) in [6, 6.07) is 17.7. The zero-order valence-corrected chi connectivity index (χ0v) is 20.4. The molecule has 7 heteroatoms. The Morgan fingerprint density at radius 1 is 1.06 bits per heavy atom. The van der Waals surface area contributed by atoms with Gasteiger partial charge in [-0.1, -0.05) is 36.4 Å². The Morgan fingerprint density at radius 2 is 1.83 bits per heavy atom. The van der Waals surface area contributed by atoms with Crippen LogP contribution in [0.25, 0.3) is 0 Å². The highest BCUT2D eigenvalue weighted by molar-refractivity contribution is 5.94. The lowest BCUT2D eigenvalue weighted by atomic mass is 10.0. The summed E-state index contributed by atoms with van der Waals surface area (Å²) in [7, 11) is 1.62. The highest BCUT2D eigenvalue weighted by Gasteiger charge is 2.41. The highest BCUT2D eigenvalue weighted by Crippen LogP contribution is 2.33. The molecule has 3 aliphatic rings. The molecular weight excluding hydrogens is 442 g/mol. The Balaban J connectivity index is 1.15. The monoisotopic (exact) mass is 477 g/mol. The van der Waals surface area contributed by atoms with Crippen molar-refractivity contribution in [3.63, 3.8) is 0 Å². The van der Waals surface area contributed by atoms with E-state index >= 15 is 0 Å². The second-order valence-corrected chi connectivity index (χ2v) is 10.0. The van der Waals surface area contributed by atoms with E-state index < -0.39 is 0 Å². The minimum absolute atomic E-state index is 0.00382. The number of amides is 2. The fourth-order valence-corrected chi connectivity index (χ4v) is 5.73. The van der Waals surface area contributed by atoms with E-state index in [9.17, 15) is 9.59 Å². The minimum atomic E-state index is -0.0412. The maximum Gasteiger partial charge on any atom is 0.254 e. The molecule has 186 valence electrons. The van der Waals surface area contributed by atoms with Crippen LogP contribution in [-0.2, 0) is 9.53 Å². The first-order valence-corrected chi connectivity index (χ1v) is 12.7. The molecule has 35 heavy (non-hydrogen) atoms. The summed E-state index contributed by atoms with van der Waals surface area (Å²) < 4.78 is 10.7. The minimum Gasteiger partial charge on any atom is -0.497 e. The zero-order chi connectivity index (χ0) is 24.2. The molecule has 3 fully saturated rings. The summed E-state index contributed by atoms with van der Waals surface area (Å²) in [6.07, 6.45) is 1.67. The van der Waals surface area contributed by atoms with E-state index in [-0.39, 0.29) is 23.8 Å². The van der Waals surface area contributed by atoms with Crippen LogP contribution in [0.1, 0.15) is 34.8 Å². The van der Waals surface area contributed by atoms with E-state index in [4.69, 9.17) is 9.47 Å². The van der Waals surface area contributed by atoms with E-state index in [1.807, 2.05) is 47.4 Å². The zero-order valence-electron chi connectivity index (χ0n) is 20.4. The van der Waals surface area contributed by atoms with Gasteiger partial charge in [0.15, 0.2) is 0 Å². The number of rotatable bonds is 8. The summed E-state index contributed by atoms with van der Waals surface area (Å²) in [5.41, 5.74) is 1.84. The molecule has 1 N–H and O–H groups in total. The molecular formula is C28H35N3O4. The molecule has 0 aromatic heterocycles. The number of benzene rings is 2. The van der Waals surface area contributed by atoms with E-state index in [2.05, 4.69) is 22.3 Å². The molecule has 2 aromatic rings. The van der Waals surface area contributed by atoms with Gasteiger partial charge >= 0.3 is 0 Å². The topological polar surface area (TPSA) is 71.1 Å². The SMILES string of the molecule is COc1cccc(C(=O)N2CC3CN(CCC(NC(=O)C4CCOC4)c4ccccc4)C[C@H]3C2)c1. The molecule has 0 bridgehead atoms. The third-order valence-corrected chi connectivity index (χ3v) is 7.72. The Labute approximate surface area is 207 Å². The second kappa shape index (κ2) is 10.8. The standard InChI is InChI=1S/C28H35N3O4/c1-34-25-9-5-8-21(14-25)28(33)31-17-23-15-30(16-24(23)18-31)12-10-26(20-6-3-2-4-7-20)29-27(32)22-11-13-35-19-22/h2-9,14,22-24,26H,10-13,15-19H2,1H3,(H,29,32)/t22?,23-,24?,26?/m0/s1. The largest absolute Gasteiger partial charge is 0.497 e. The summed E-state index contributed by atoms with van der Waals surface area (Å²) in [6.45, 7) is 5.72. The fraction of sp³-hybridized carbons (Fsp3) is 0.500. The van der Waals surface area contributed by atoms with Crippen molar-refractivity contribution in [2.24, 2.45) is 17.8 Å². The van der Waals surface area contributed by atoms with Crippen LogP contribution in [0.3, 0.4) is 0 Å². The van der Waals surface area contributed by atoms with Gasteiger partial charge in [-0.3, -0.25) is 9.59 Å². The number of methoxy groups -OCH3 is 1. The molecule has 3 aliphatic heterocycles. The van der Waals surface area contributed by atoms with Crippen LogP contribution in [0.15, 0.2) is 54.6 Å². The summed E-state index contributed by atoms with van der Waals surface area (Å²) in [4.78, 5) is 30.3. The Kier molecular flexibility index (Phi) is 7.35. The van der Waals surface area contributed by atoms with Crippen LogP contribution < -0.4 is 10.1 Å². The first-order valence-electron chi connectivity index (χ1n) is 12.7. The van der Waals surface area contributed by atoms with Crippen LogP contribution >= 0.6 is 0 Å². The van der Waals surface area contributed by atoms with Gasteiger partial charge in [0.1, 0.15) is 5.75 Å². The van der Waals surface area contributed by atoms with Crippen molar-refractivity contribution >= 4 is 11.8 Å². The summed E-state index contributed by atoms with van der Waals surface area (Å²) >= 11 is 0. The average Bonchev–Trinajstić information content (AvgIpc) is 3.64. The van der Waals surface area contributed by atoms with Gasteiger partial charge in [0, 0.05) is 44.9 Å². The summed E-state index contributed by atoms with van der Waals surface area (Å²) in [5.74, 6) is 1.87. The molecule has 0 spiro atoms. The predicted molar refractivity (Wildman–Crippen MR) is 133 cm³/mol. The first kappa shape index (κ1) is 23.8. The molecule has 3 heterocycles. The van der Waals surface area contributed by atoms with Crippen molar-refractivity contribution in [1.82, 2.24) is 15.1 Å². The van der Waals surface area contributed by atoms with Crippen molar-refractivity contribution in [3.8, 4) is 5.75 Å². The maximum atomic E-state index is 13.0. The number of hydrogen-bond donors (Lipinski definition) is 1. The molecule has 3 unspecified atom stereocenters. The van der Waals surface area contributed by atoms with Gasteiger partial charge in [0.25, 0.3) is 5.91 Å². The molecule has 0 aliphatic carbocycles. The fourth-order valence-electron chi connectivity index (χ4n) is 5.73. The lowest BCUT2D eigenvalue weighted by Gasteiger charge is -2.25. The Bertz CT molecular complexity index is 1010. The maximum absolute atomic E-state index is 13.0. The van der Waals surface area contributed by atoms with Gasteiger partial charge in [-0.15, -0.1) is 0 Å². The molecule has 7 nitrogen and oxygen atoms in total. The number of carbonyl (C=O) groups excluding carboxylic acids is 2. The number of carbonyl (C=O) groups is 2. The number of ether oxygens (including phenoxy) is 2. The van der Waals surface area contributed by atoms with Crippen LogP contribution in [0, 0.1) is 17.8 Å². The first-order chi connectivity index (χ1) is 17.1. The quantitative estimate of drug-likeness (QED) is 0.633. The van der Waals surface area contributed by atoms with Crippen LogP contribution in [0.5, 0.6) is 5.75 Å². The average molecular weight is 478 g/mol. The number of nitrogens with zero attached hydrogens (tertiary/aromatic N) is 2. The molecule has 4 atom stereocenters. The van der Waals surface area contributed by atoms with Crippen molar-refractivity contribution in [3.05, 3.63) is 65.7 Å². The predicted octanol–water partition coefficient (Wildman–Crippen LogP) is 2.98. The highest BCUT2D eigenvalue weighted by atomic mass is 16.5. The molecule has 0 saturated carbocycles. The smallest absolute Gasteiger partial charge is 0.254 e. The third-order valence-electron chi connectivity index (χ3n) is 7.72. The summed E-state index contributed by atoms with van der Waals surface area (Å²) in [5, 5.41) is 3.29. The van der Waals surface area contributed by atoms with Gasteiger partial charge in [0.05, 0.1) is 25.7 Å². The molecule has 0 radical (unpaired) electrons. The van der Waals surface area contributed by atoms with Gasteiger partial charge < -0.3 is 24.6 Å². The molecule has 2 amide bonds. The lowest BCUT2D eigenvalue weighted by molar-refractivity contribution is -0.125. The van der Waals surface area contributed by atoms with Crippen molar-refractivity contribution in [1.29, 1.82) is 0 Å². The van der Waals surface area contributed by atoms with Crippen LogP contribution in [0.2, 0.25) is 0 Å². The van der Waals surface area contributed by atoms with Gasteiger partial charge in [0.2, 0.25) is 5.91 Å². The van der Waals surface area contributed by atoms with E-state index in [1.165, 1.54) is 0 Å². The molecule has 5 rings (SSSR count). The lowest BCUT2D eigenvalue weighted by Crippen LogP contribution is -2.37. The van der Waals surface area contributed by atoms with Crippen molar-refractivity contribution in [2.75, 3.05) is 53.0 Å². The Hall–Kier alpha value is -2.90. The van der Waals surface area contributed by atoms with Gasteiger partial charge in [-0.2, -0.15) is 0 Å². The Morgan fingerprint density at radius 3 is 2.51 bits per heavy atom. The van der Waals surface area contributed by atoms with Crippen molar-refractivity contribution in [2.45, 2.75) is 18.9 Å². The van der Waals surface area contributed by atoms with E-state index in [0.717, 1.165) is 51.1 Å². The number of fused-ring (bicyclic) bond motifs is 1. The molecule has 2 aromatic carbocycles. The van der Waals surface area contributed by atoms with E-state index in [1.54, 1.807) is 7.11 Å². The number of nitrogens with one attached hydrogen (secondary N) is 1. The van der Waals surface area contributed by atoms with Crippen molar-refractivity contribution < 1.29 is 19.1 Å². The van der Waals surface area contributed by atoms with E-state index in [0.29, 0.717) is 36.4 Å². The molecule has 3 saturated heterocycles. The normalized spacial score (nSPS) is 24.8. The van der Waals surface area contributed by atoms with Gasteiger partial charge in [-0.25, -0.2) is 0 Å². The second-order valence-electron chi connectivity index (χ2n) is 10.0.